The van der Waals surface area contributed by atoms with Gasteiger partial charge in [-0.05, 0) is 13.3 Å². The normalized spacial score (nSPS) is 39.3. The average Bonchev–Trinajstić information content (AvgIpc) is 2.33. The van der Waals surface area contributed by atoms with Gasteiger partial charge in [-0.3, -0.25) is 0 Å². The molecule has 0 saturated heterocycles. The highest BCUT2D eigenvalue weighted by atomic mass is 35.5. The maximum Gasteiger partial charge on any atom is 0.127 e. The van der Waals surface area contributed by atoms with Crippen molar-refractivity contribution >= 4 is 23.2 Å². The van der Waals surface area contributed by atoms with Crippen LogP contribution in [0.15, 0.2) is 0 Å². The third-order valence-corrected chi connectivity index (χ3v) is 3.29. The van der Waals surface area contributed by atoms with Gasteiger partial charge in [0.05, 0.1) is 6.10 Å². The molecule has 1 rings (SSSR count). The van der Waals surface area contributed by atoms with E-state index in [0.29, 0.717) is 0 Å². The lowest BCUT2D eigenvalue weighted by Crippen LogP contribution is -2.07. The van der Waals surface area contributed by atoms with E-state index in [1.165, 1.54) is 0 Å². The van der Waals surface area contributed by atoms with Gasteiger partial charge in [-0.1, -0.05) is 6.92 Å². The van der Waals surface area contributed by atoms with Gasteiger partial charge in [0.2, 0.25) is 0 Å². The molecule has 0 radical (unpaired) electrons. The van der Waals surface area contributed by atoms with Crippen molar-refractivity contribution < 1.29 is 5.11 Å². The number of hydrogen-bond donors (Lipinski definition) is 1. The van der Waals surface area contributed by atoms with Crippen LogP contribution in [-0.4, -0.2) is 15.5 Å². The zero-order valence-corrected chi connectivity index (χ0v) is 7.65. The van der Waals surface area contributed by atoms with Crippen molar-refractivity contribution in [3.8, 4) is 0 Å². The van der Waals surface area contributed by atoms with Gasteiger partial charge in [0.1, 0.15) is 4.33 Å². The highest BCUT2D eigenvalue weighted by Gasteiger charge is 2.63. The van der Waals surface area contributed by atoms with Crippen LogP contribution in [0.4, 0.5) is 0 Å². The van der Waals surface area contributed by atoms with Crippen LogP contribution in [-0.2, 0) is 0 Å². The minimum absolute atomic E-state index is 0.0841. The van der Waals surface area contributed by atoms with E-state index in [1.807, 2.05) is 6.92 Å². The van der Waals surface area contributed by atoms with Crippen molar-refractivity contribution in [1.82, 2.24) is 0 Å². The Kier molecular flexibility index (Phi) is 2.20. The maximum absolute atomic E-state index is 9.16. The summed E-state index contributed by atoms with van der Waals surface area (Å²) in [6.45, 7) is 3.77. The van der Waals surface area contributed by atoms with E-state index in [4.69, 9.17) is 28.3 Å². The van der Waals surface area contributed by atoms with Crippen LogP contribution >= 0.6 is 23.2 Å². The molecule has 0 aliphatic heterocycles. The SMILES string of the molecule is CC[C@H]1[C@H](C(C)O)C1(Cl)Cl. The summed E-state index contributed by atoms with van der Waals surface area (Å²) in [5.41, 5.74) is 0. The van der Waals surface area contributed by atoms with Crippen molar-refractivity contribution in [3.63, 3.8) is 0 Å². The van der Waals surface area contributed by atoms with Crippen LogP contribution in [0, 0.1) is 11.8 Å². The summed E-state index contributed by atoms with van der Waals surface area (Å²) >= 11 is 11.7. The smallest absolute Gasteiger partial charge is 0.127 e. The highest BCUT2D eigenvalue weighted by Crippen LogP contribution is 2.62. The second-order valence-corrected chi connectivity index (χ2v) is 4.40. The van der Waals surface area contributed by atoms with Crippen LogP contribution in [0.1, 0.15) is 20.3 Å². The molecule has 10 heavy (non-hydrogen) atoms. The van der Waals surface area contributed by atoms with Crippen LogP contribution in [0.5, 0.6) is 0 Å². The summed E-state index contributed by atoms with van der Waals surface area (Å²) in [6.07, 6.45) is 0.572. The third kappa shape index (κ3) is 1.15. The average molecular weight is 183 g/mol. The van der Waals surface area contributed by atoms with Crippen LogP contribution in [0.2, 0.25) is 0 Å². The summed E-state index contributed by atoms with van der Waals surface area (Å²) in [7, 11) is 0. The summed E-state index contributed by atoms with van der Waals surface area (Å²) in [5, 5.41) is 9.16. The predicted octanol–water partition coefficient (Wildman–Crippen LogP) is 2.20. The van der Waals surface area contributed by atoms with E-state index in [-0.39, 0.29) is 17.9 Å². The lowest BCUT2D eigenvalue weighted by atomic mass is 10.2. The molecule has 0 amide bonds. The van der Waals surface area contributed by atoms with Gasteiger partial charge >= 0.3 is 0 Å². The van der Waals surface area contributed by atoms with Gasteiger partial charge in [-0.2, -0.15) is 0 Å². The zero-order chi connectivity index (χ0) is 7.94. The van der Waals surface area contributed by atoms with Crippen LogP contribution in [0.25, 0.3) is 0 Å². The maximum atomic E-state index is 9.16. The number of aliphatic hydroxyl groups is 1. The molecule has 1 aliphatic carbocycles. The van der Waals surface area contributed by atoms with E-state index in [0.717, 1.165) is 6.42 Å². The Morgan fingerprint density at radius 1 is 1.60 bits per heavy atom. The van der Waals surface area contributed by atoms with Crippen LogP contribution in [0.3, 0.4) is 0 Å². The second kappa shape index (κ2) is 2.54. The molecule has 1 N–H and O–H groups in total. The van der Waals surface area contributed by atoms with Gasteiger partial charge in [-0.25, -0.2) is 0 Å². The molecule has 1 fully saturated rings. The quantitative estimate of drug-likeness (QED) is 0.650. The lowest BCUT2D eigenvalue weighted by Gasteiger charge is -2.00. The highest BCUT2D eigenvalue weighted by molar-refractivity contribution is 6.51. The van der Waals surface area contributed by atoms with E-state index in [9.17, 15) is 0 Å². The number of hydrogen-bond acceptors (Lipinski definition) is 1. The first kappa shape index (κ1) is 8.63. The summed E-state index contributed by atoms with van der Waals surface area (Å²) in [4.78, 5) is 0. The Labute approximate surface area is 71.3 Å². The molecule has 3 heteroatoms. The topological polar surface area (TPSA) is 20.2 Å². The molecular weight excluding hydrogens is 171 g/mol. The van der Waals surface area contributed by atoms with E-state index < -0.39 is 4.33 Å². The molecule has 0 aromatic rings. The Hall–Kier alpha value is 0.540. The second-order valence-electron chi connectivity index (χ2n) is 2.96. The first-order chi connectivity index (χ1) is 4.51. The molecule has 0 aromatic heterocycles. The Balaban J connectivity index is 2.53. The standard InChI is InChI=1S/C7H12Cl2O/c1-3-5-6(4(2)10)7(5,8)9/h4-6,10H,3H2,1-2H3/t4?,5-,6-/m0/s1. The molecule has 0 spiro atoms. The molecule has 1 nitrogen and oxygen atoms in total. The lowest BCUT2D eigenvalue weighted by molar-refractivity contribution is 0.163. The molecule has 3 atom stereocenters. The number of halogens is 2. The van der Waals surface area contributed by atoms with E-state index >= 15 is 0 Å². The monoisotopic (exact) mass is 182 g/mol. The summed E-state index contributed by atoms with van der Waals surface area (Å²) < 4.78 is -0.650. The van der Waals surface area contributed by atoms with Gasteiger partial charge in [0.15, 0.2) is 0 Å². The minimum Gasteiger partial charge on any atom is -0.393 e. The molecule has 0 heterocycles. The molecule has 0 bridgehead atoms. The Bertz CT molecular complexity index is 134. The largest absolute Gasteiger partial charge is 0.393 e. The molecule has 1 aliphatic rings. The number of rotatable bonds is 2. The van der Waals surface area contributed by atoms with Crippen molar-refractivity contribution in [1.29, 1.82) is 0 Å². The molecule has 1 saturated carbocycles. The summed E-state index contributed by atoms with van der Waals surface area (Å²) in [5.74, 6) is 0.372. The van der Waals surface area contributed by atoms with Gasteiger partial charge in [0, 0.05) is 11.8 Å². The van der Waals surface area contributed by atoms with Crippen molar-refractivity contribution in [2.24, 2.45) is 11.8 Å². The zero-order valence-electron chi connectivity index (χ0n) is 6.14. The van der Waals surface area contributed by atoms with Gasteiger partial charge in [0.25, 0.3) is 0 Å². The minimum atomic E-state index is -0.650. The van der Waals surface area contributed by atoms with Crippen molar-refractivity contribution in [2.75, 3.05) is 0 Å². The fourth-order valence-electron chi connectivity index (χ4n) is 1.60. The third-order valence-electron chi connectivity index (χ3n) is 2.22. The van der Waals surface area contributed by atoms with E-state index in [1.54, 1.807) is 6.92 Å². The Morgan fingerprint density at radius 2 is 2.10 bits per heavy atom. The first-order valence-corrected chi connectivity index (χ1v) is 4.33. The first-order valence-electron chi connectivity index (χ1n) is 3.57. The van der Waals surface area contributed by atoms with Crippen LogP contribution < -0.4 is 0 Å². The van der Waals surface area contributed by atoms with Gasteiger partial charge in [-0.15, -0.1) is 23.2 Å². The molecule has 0 aromatic carbocycles. The van der Waals surface area contributed by atoms with Gasteiger partial charge < -0.3 is 5.11 Å². The van der Waals surface area contributed by atoms with E-state index in [2.05, 4.69) is 0 Å². The fourth-order valence-corrected chi connectivity index (χ4v) is 2.72. The molecule has 1 unspecified atom stereocenters. The number of alkyl halides is 2. The van der Waals surface area contributed by atoms with Crippen molar-refractivity contribution in [3.05, 3.63) is 0 Å². The van der Waals surface area contributed by atoms with Crippen molar-refractivity contribution in [2.45, 2.75) is 30.7 Å². The fraction of sp³-hybridized carbons (Fsp3) is 1.00. The number of aliphatic hydroxyl groups excluding tert-OH is 1. The summed E-state index contributed by atoms with van der Waals surface area (Å²) in [6, 6.07) is 0. The molecular formula is C7H12Cl2O. The Morgan fingerprint density at radius 3 is 2.20 bits per heavy atom. The molecule has 60 valence electrons. The predicted molar refractivity (Wildman–Crippen MR) is 43.4 cm³/mol.